The Morgan fingerprint density at radius 2 is 1.67 bits per heavy atom. The molecule has 0 atom stereocenters. The lowest BCUT2D eigenvalue weighted by Gasteiger charge is -2.30. The lowest BCUT2D eigenvalue weighted by Crippen LogP contribution is -2.49. The normalized spacial score (nSPS) is 12.6. The van der Waals surface area contributed by atoms with E-state index in [0.29, 0.717) is 0 Å². The molecule has 0 aliphatic carbocycles. The molecule has 1 heterocycles. The first kappa shape index (κ1) is 14.7. The Labute approximate surface area is 101 Å². The first-order valence-electron chi connectivity index (χ1n) is 5.01. The lowest BCUT2D eigenvalue weighted by molar-refractivity contribution is -0.137. The SMILES string of the molecule is OCC(CO)(CO)Nc1ncccc1C(F)(F)F. The van der Waals surface area contributed by atoms with Crippen LogP contribution in [0.5, 0.6) is 0 Å². The van der Waals surface area contributed by atoms with E-state index < -0.39 is 42.9 Å². The van der Waals surface area contributed by atoms with Gasteiger partial charge in [0, 0.05) is 6.20 Å². The summed E-state index contributed by atoms with van der Waals surface area (Å²) in [4.78, 5) is 3.51. The van der Waals surface area contributed by atoms with E-state index in [2.05, 4.69) is 10.3 Å². The van der Waals surface area contributed by atoms with E-state index in [0.717, 1.165) is 18.3 Å². The van der Waals surface area contributed by atoms with Crippen molar-refractivity contribution < 1.29 is 28.5 Å². The number of alkyl halides is 3. The third kappa shape index (κ3) is 3.09. The van der Waals surface area contributed by atoms with Gasteiger partial charge in [-0.2, -0.15) is 13.2 Å². The molecule has 0 aliphatic heterocycles. The van der Waals surface area contributed by atoms with Gasteiger partial charge in [0.05, 0.1) is 25.4 Å². The fraction of sp³-hybridized carbons (Fsp3) is 0.500. The molecule has 0 fully saturated rings. The zero-order valence-electron chi connectivity index (χ0n) is 9.28. The van der Waals surface area contributed by atoms with Gasteiger partial charge in [-0.05, 0) is 12.1 Å². The van der Waals surface area contributed by atoms with Gasteiger partial charge in [0.25, 0.3) is 0 Å². The minimum absolute atomic E-state index is 0.554. The predicted molar refractivity (Wildman–Crippen MR) is 56.9 cm³/mol. The second-order valence-electron chi connectivity index (χ2n) is 3.78. The number of pyridine rings is 1. The van der Waals surface area contributed by atoms with E-state index >= 15 is 0 Å². The van der Waals surface area contributed by atoms with E-state index in [-0.39, 0.29) is 0 Å². The molecule has 0 radical (unpaired) electrons. The van der Waals surface area contributed by atoms with Gasteiger partial charge in [-0.15, -0.1) is 0 Å². The first-order valence-corrected chi connectivity index (χ1v) is 5.01. The molecule has 8 heteroatoms. The number of rotatable bonds is 5. The second kappa shape index (κ2) is 5.51. The van der Waals surface area contributed by atoms with Crippen LogP contribution >= 0.6 is 0 Å². The summed E-state index contributed by atoms with van der Waals surface area (Å²) >= 11 is 0. The zero-order chi connectivity index (χ0) is 13.8. The predicted octanol–water partition coefficient (Wildman–Crippen LogP) is 0.228. The number of hydrogen-bond acceptors (Lipinski definition) is 5. The molecule has 4 N–H and O–H groups in total. The van der Waals surface area contributed by atoms with Crippen molar-refractivity contribution in [1.82, 2.24) is 4.98 Å². The smallest absolute Gasteiger partial charge is 0.394 e. The maximum atomic E-state index is 12.7. The van der Waals surface area contributed by atoms with Crippen LogP contribution in [0.1, 0.15) is 5.56 Å². The summed E-state index contributed by atoms with van der Waals surface area (Å²) in [6.45, 7) is -2.23. The van der Waals surface area contributed by atoms with Gasteiger partial charge in [-0.1, -0.05) is 0 Å². The average molecular weight is 266 g/mol. The Hall–Kier alpha value is -1.38. The van der Waals surface area contributed by atoms with Gasteiger partial charge in [0.1, 0.15) is 11.4 Å². The molecule has 1 rings (SSSR count). The highest BCUT2D eigenvalue weighted by molar-refractivity contribution is 5.48. The average Bonchev–Trinajstić information content (AvgIpc) is 2.35. The number of aliphatic hydroxyl groups excluding tert-OH is 3. The van der Waals surface area contributed by atoms with Crippen molar-refractivity contribution in [2.45, 2.75) is 11.7 Å². The summed E-state index contributed by atoms with van der Waals surface area (Å²) in [5, 5.41) is 29.4. The maximum Gasteiger partial charge on any atom is 0.419 e. The molecule has 0 bridgehead atoms. The molecule has 102 valence electrons. The van der Waals surface area contributed by atoms with Crippen LogP contribution in [-0.2, 0) is 6.18 Å². The summed E-state index contributed by atoms with van der Waals surface area (Å²) in [5.74, 6) is -0.554. The van der Waals surface area contributed by atoms with E-state index in [4.69, 9.17) is 15.3 Å². The highest BCUT2D eigenvalue weighted by atomic mass is 19.4. The van der Waals surface area contributed by atoms with E-state index in [1.54, 1.807) is 0 Å². The number of nitrogens with one attached hydrogen (secondary N) is 1. The van der Waals surface area contributed by atoms with Crippen molar-refractivity contribution in [1.29, 1.82) is 0 Å². The van der Waals surface area contributed by atoms with Crippen molar-refractivity contribution in [3.8, 4) is 0 Å². The van der Waals surface area contributed by atoms with Crippen molar-refractivity contribution in [3.05, 3.63) is 23.9 Å². The molecule has 0 spiro atoms. The number of halogens is 3. The molecular formula is C10H13F3N2O3. The van der Waals surface area contributed by atoms with Gasteiger partial charge < -0.3 is 20.6 Å². The molecule has 0 saturated heterocycles. The second-order valence-corrected chi connectivity index (χ2v) is 3.78. The van der Waals surface area contributed by atoms with Crippen LogP contribution in [0.15, 0.2) is 18.3 Å². The fourth-order valence-electron chi connectivity index (χ4n) is 1.25. The molecule has 0 unspecified atom stereocenters. The van der Waals surface area contributed by atoms with Gasteiger partial charge >= 0.3 is 6.18 Å². The highest BCUT2D eigenvalue weighted by Gasteiger charge is 2.37. The molecule has 0 saturated carbocycles. The topological polar surface area (TPSA) is 85.6 Å². The van der Waals surface area contributed by atoms with Crippen molar-refractivity contribution in [3.63, 3.8) is 0 Å². The minimum atomic E-state index is -4.62. The van der Waals surface area contributed by atoms with Gasteiger partial charge in [-0.25, -0.2) is 4.98 Å². The Morgan fingerprint density at radius 3 is 2.11 bits per heavy atom. The number of nitrogens with zero attached hydrogens (tertiary/aromatic N) is 1. The van der Waals surface area contributed by atoms with E-state index in [1.807, 2.05) is 0 Å². The quantitative estimate of drug-likeness (QED) is 0.613. The molecule has 0 aromatic carbocycles. The third-order valence-electron chi connectivity index (χ3n) is 2.40. The number of anilines is 1. The summed E-state index contributed by atoms with van der Waals surface area (Å²) in [6, 6.07) is 1.93. The first-order chi connectivity index (χ1) is 8.38. The van der Waals surface area contributed by atoms with E-state index in [1.165, 1.54) is 0 Å². The van der Waals surface area contributed by atoms with Gasteiger partial charge in [0.2, 0.25) is 0 Å². The lowest BCUT2D eigenvalue weighted by atomic mass is 10.0. The summed E-state index contributed by atoms with van der Waals surface area (Å²) < 4.78 is 38.0. The van der Waals surface area contributed by atoms with Gasteiger partial charge in [-0.3, -0.25) is 0 Å². The third-order valence-corrected chi connectivity index (χ3v) is 2.40. The van der Waals surface area contributed by atoms with Crippen LogP contribution < -0.4 is 5.32 Å². The minimum Gasteiger partial charge on any atom is -0.394 e. The van der Waals surface area contributed by atoms with Crippen molar-refractivity contribution in [2.75, 3.05) is 25.1 Å². The molecule has 5 nitrogen and oxygen atoms in total. The molecule has 18 heavy (non-hydrogen) atoms. The molecule has 1 aromatic rings. The van der Waals surface area contributed by atoms with Gasteiger partial charge in [0.15, 0.2) is 0 Å². The monoisotopic (exact) mass is 266 g/mol. The van der Waals surface area contributed by atoms with Crippen LogP contribution in [0.4, 0.5) is 19.0 Å². The van der Waals surface area contributed by atoms with Crippen LogP contribution in [0.25, 0.3) is 0 Å². The highest BCUT2D eigenvalue weighted by Crippen LogP contribution is 2.34. The summed E-state index contributed by atoms with van der Waals surface area (Å²) in [6.07, 6.45) is -3.49. The number of aliphatic hydroxyl groups is 3. The Kier molecular flexibility index (Phi) is 4.49. The Balaban J connectivity index is 3.11. The van der Waals surface area contributed by atoms with Crippen LogP contribution in [-0.4, -0.2) is 45.7 Å². The summed E-state index contributed by atoms with van der Waals surface area (Å²) in [7, 11) is 0. The fourth-order valence-corrected chi connectivity index (χ4v) is 1.25. The Bertz CT molecular complexity index is 386. The maximum absolute atomic E-state index is 12.7. The molecule has 0 amide bonds. The standard InChI is InChI=1S/C10H13F3N2O3/c11-10(12,13)7-2-1-3-14-8(7)15-9(4-16,5-17)6-18/h1-3,16-18H,4-6H2,(H,14,15). The van der Waals surface area contributed by atoms with Crippen molar-refractivity contribution >= 4 is 5.82 Å². The number of aromatic nitrogens is 1. The molecular weight excluding hydrogens is 253 g/mol. The van der Waals surface area contributed by atoms with E-state index in [9.17, 15) is 13.2 Å². The van der Waals surface area contributed by atoms with Crippen LogP contribution in [0, 0.1) is 0 Å². The zero-order valence-corrected chi connectivity index (χ0v) is 9.28. The van der Waals surface area contributed by atoms with Crippen molar-refractivity contribution in [2.24, 2.45) is 0 Å². The largest absolute Gasteiger partial charge is 0.419 e. The summed E-state index contributed by atoms with van der Waals surface area (Å²) in [5.41, 5.74) is -2.70. The van der Waals surface area contributed by atoms with Crippen LogP contribution in [0.3, 0.4) is 0 Å². The van der Waals surface area contributed by atoms with Crippen LogP contribution in [0.2, 0.25) is 0 Å². The molecule has 0 aliphatic rings. The molecule has 1 aromatic heterocycles. The number of hydrogen-bond donors (Lipinski definition) is 4. The Morgan fingerprint density at radius 1 is 1.11 bits per heavy atom.